The van der Waals surface area contributed by atoms with E-state index >= 15 is 0 Å². The van der Waals surface area contributed by atoms with Gasteiger partial charge in [-0.25, -0.2) is 0 Å². The molecule has 4 aromatic carbocycles. The molecule has 12 rings (SSSR count). The number of aromatic hydroxyl groups is 1. The maximum atomic E-state index is 14.7. The normalized spacial score (nSPS) is 26.7. The fraction of sp³-hybridized carbons (Fsp3) is 0.613. The number of primary amides is 1. The van der Waals surface area contributed by atoms with Gasteiger partial charge in [-0.1, -0.05) is 132 Å². The molecule has 0 spiro atoms. The van der Waals surface area contributed by atoms with Gasteiger partial charge in [-0.05, 0) is 122 Å². The van der Waals surface area contributed by atoms with Crippen molar-refractivity contribution < 1.29 is 72.2 Å². The van der Waals surface area contributed by atoms with E-state index in [2.05, 4.69) is 95.7 Å². The largest absolute Gasteiger partial charge is 0.508 e. The zero-order valence-electron chi connectivity index (χ0n) is 73.8. The SMILES string of the molecule is CC(=O)NC1CCCC1C(=O)N[C@H](CC(=O)NC1CCCC1C(=O)NC[C@H](CC(C)C)C(=O)NC1CNCC1C(=O)NC1CNCC1C(=O)N[C@H](CC(=O)NC1CCCC1C(=O)NC[C@@H](Cc1ccc(O)cc1)C(=O)NC1CNCC1C(=O)NC1CNCC1C(=O)N[C@H](CC(=O)NC1CNCC1C(N)=O)Cc1cccc2ccccc12)Cc1ccccc1)CC(C)C. The van der Waals surface area contributed by atoms with Crippen LogP contribution in [0.5, 0.6) is 5.75 Å². The number of carbonyl (C=O) groups excluding carboxylic acids is 14. The van der Waals surface area contributed by atoms with Crippen LogP contribution in [0.25, 0.3) is 10.8 Å². The molecule has 3 aliphatic carbocycles. The number of phenols is 1. The molecule has 5 aliphatic heterocycles. The molecule has 21 atom stereocenters. The molecule has 14 amide bonds. The molecule has 8 fully saturated rings. The minimum Gasteiger partial charge on any atom is -0.508 e. The second-order valence-corrected chi connectivity index (χ2v) is 37.4. The lowest BCUT2D eigenvalue weighted by molar-refractivity contribution is -0.132. The van der Waals surface area contributed by atoms with E-state index in [0.29, 0.717) is 95.8 Å². The number of hydrogen-bond donors (Lipinski definition) is 20. The standard InChI is InChI=1S/C93H133N19O15/c1-51(2)31-58(39-100-87(121)65-21-12-25-74(65)106-81(115)36-60(32-52(3)4)103-89(123)67-23-14-24-73(67)102-53(5)113)85(119)109-77-47-98-44-71(77)92(126)111-79-49-96-42-69(79)90(124)104-61(34-54-15-7-6-8-16-54)37-82(116)107-75-26-13-22-66(75)88(122)101-40-59(33-55-27-29-63(114)30-28-55)86(120)110-78-48-99-45-72(78)93(127)112-80-50-97-43-70(80)91(125)105-62(35-57-19-11-18-56-17-9-10-20-64(56)57)38-83(117)108-76-46-95-41-68(76)84(94)118/h6-11,15-20,27-30,51-52,58-62,65-80,95-99,114H,12-14,21-26,31-50H2,1-5H3,(H2,94,118)(H,100,121)(H,101,122)(H,102,113)(H,103,123)(H,104,124)(H,105,125)(H,106,115)(H,107,116)(H,108,117)(H,109,119)(H,110,120)(H,111,126)(H,112,127)/t58-,59+,60-,61-,62-,65?,66?,67?,68?,69?,70?,71?,72?,73?,74?,75?,76?,77?,78?,79?,80?/m0/s1. The van der Waals surface area contributed by atoms with E-state index in [1.54, 1.807) is 12.1 Å². The monoisotopic (exact) mass is 1760 g/mol. The molecule has 21 N–H and O–H groups in total. The van der Waals surface area contributed by atoms with Gasteiger partial charge in [0.2, 0.25) is 82.7 Å². The molecule has 16 unspecified atom stereocenters. The average Bonchev–Trinajstić information content (AvgIpc) is 1.81. The van der Waals surface area contributed by atoms with Crippen LogP contribution in [0.15, 0.2) is 97.1 Å². The molecule has 34 nitrogen and oxygen atoms in total. The van der Waals surface area contributed by atoms with Crippen molar-refractivity contribution >= 4 is 93.5 Å². The Morgan fingerprint density at radius 2 is 0.756 bits per heavy atom. The van der Waals surface area contributed by atoms with Gasteiger partial charge in [-0.15, -0.1) is 0 Å². The van der Waals surface area contributed by atoms with Crippen LogP contribution in [0.2, 0.25) is 0 Å². The minimum absolute atomic E-state index is 0.0229. The van der Waals surface area contributed by atoms with Crippen molar-refractivity contribution in [3.63, 3.8) is 0 Å². The van der Waals surface area contributed by atoms with Crippen molar-refractivity contribution in [1.29, 1.82) is 0 Å². The van der Waals surface area contributed by atoms with Crippen molar-refractivity contribution in [2.45, 2.75) is 210 Å². The number of carbonyl (C=O) groups is 14. The Morgan fingerprint density at radius 3 is 1.26 bits per heavy atom. The van der Waals surface area contributed by atoms with Gasteiger partial charge in [0.05, 0.1) is 89.4 Å². The summed E-state index contributed by atoms with van der Waals surface area (Å²) in [7, 11) is 0. The molecule has 8 aliphatic rings. The first-order valence-corrected chi connectivity index (χ1v) is 46.0. The zero-order chi connectivity index (χ0) is 90.4. The third-order valence-electron chi connectivity index (χ3n) is 26.8. The lowest BCUT2D eigenvalue weighted by Gasteiger charge is -2.28. The number of nitrogens with one attached hydrogen (secondary N) is 18. The minimum atomic E-state index is -0.872. The number of rotatable bonds is 41. The molecule has 3 saturated carbocycles. The van der Waals surface area contributed by atoms with Gasteiger partial charge in [-0.2, -0.15) is 0 Å². The van der Waals surface area contributed by atoms with Crippen molar-refractivity contribution in [1.82, 2.24) is 95.7 Å². The topological polar surface area (TPSA) is 502 Å². The molecule has 690 valence electrons. The number of hydrogen-bond acceptors (Lipinski definition) is 20. The molecular weight excluding hydrogens is 1620 g/mol. The van der Waals surface area contributed by atoms with Crippen LogP contribution in [0.3, 0.4) is 0 Å². The van der Waals surface area contributed by atoms with Crippen LogP contribution in [-0.4, -0.2) is 233 Å². The Hall–Kier alpha value is -10.7. The quantitative estimate of drug-likeness (QED) is 0.0270. The third kappa shape index (κ3) is 27.0. The first kappa shape index (κ1) is 95.4. The first-order valence-electron chi connectivity index (χ1n) is 46.0. The molecule has 5 saturated heterocycles. The van der Waals surface area contributed by atoms with Crippen molar-refractivity contribution in [2.75, 3.05) is 78.5 Å². The zero-order valence-corrected chi connectivity index (χ0v) is 73.8. The number of benzene rings is 4. The molecule has 5 heterocycles. The Kier molecular flexibility index (Phi) is 34.4. The van der Waals surface area contributed by atoms with Gasteiger partial charge < -0.3 is 107 Å². The highest BCUT2D eigenvalue weighted by Crippen LogP contribution is 2.32. The average molecular weight is 1760 g/mol. The van der Waals surface area contributed by atoms with Crippen LogP contribution in [0.4, 0.5) is 0 Å². The summed E-state index contributed by atoms with van der Waals surface area (Å²) in [5, 5.41) is 68.2. The summed E-state index contributed by atoms with van der Waals surface area (Å²) in [4.78, 5) is 195. The first-order chi connectivity index (χ1) is 61.1. The maximum Gasteiger partial charge on any atom is 0.226 e. The number of amides is 14. The molecular formula is C93H133N19O15. The molecule has 0 radical (unpaired) electrons. The fourth-order valence-corrected chi connectivity index (χ4v) is 20.2. The van der Waals surface area contributed by atoms with Gasteiger partial charge >= 0.3 is 0 Å². The van der Waals surface area contributed by atoms with E-state index in [-0.39, 0.29) is 180 Å². The highest BCUT2D eigenvalue weighted by Gasteiger charge is 2.46. The van der Waals surface area contributed by atoms with E-state index in [1.807, 2.05) is 100 Å². The van der Waals surface area contributed by atoms with Gasteiger partial charge in [-0.3, -0.25) is 67.1 Å². The maximum absolute atomic E-state index is 14.7. The van der Waals surface area contributed by atoms with Gasteiger partial charge in [0.25, 0.3) is 0 Å². The van der Waals surface area contributed by atoms with E-state index < -0.39 is 137 Å². The third-order valence-corrected chi connectivity index (χ3v) is 26.8. The van der Waals surface area contributed by atoms with Crippen molar-refractivity contribution in [3.05, 3.63) is 114 Å². The predicted octanol–water partition coefficient (Wildman–Crippen LogP) is -0.364. The summed E-state index contributed by atoms with van der Waals surface area (Å²) in [6.45, 7) is 12.0. The Morgan fingerprint density at radius 1 is 0.362 bits per heavy atom. The molecule has 0 bridgehead atoms. The number of fused-ring (bicyclic) bond motifs is 1. The fourth-order valence-electron chi connectivity index (χ4n) is 20.2. The summed E-state index contributed by atoms with van der Waals surface area (Å²) >= 11 is 0. The summed E-state index contributed by atoms with van der Waals surface area (Å²) in [5.74, 6) is -11.3. The van der Waals surface area contributed by atoms with E-state index in [0.717, 1.165) is 28.3 Å². The summed E-state index contributed by atoms with van der Waals surface area (Å²) in [6, 6.07) is 23.2. The van der Waals surface area contributed by atoms with E-state index in [4.69, 9.17) is 5.73 Å². The Bertz CT molecular complexity index is 4520. The molecule has 4 aromatic rings. The van der Waals surface area contributed by atoms with Crippen LogP contribution in [-0.2, 0) is 86.4 Å². The van der Waals surface area contributed by atoms with Gasteiger partial charge in [0.1, 0.15) is 5.75 Å². The summed E-state index contributed by atoms with van der Waals surface area (Å²) in [6.07, 6.45) is 7.04. The van der Waals surface area contributed by atoms with Crippen LogP contribution in [0.1, 0.15) is 141 Å². The highest BCUT2D eigenvalue weighted by atomic mass is 16.3. The number of phenolic OH excluding ortho intramolecular Hbond substituents is 1. The van der Waals surface area contributed by atoms with Gasteiger partial charge in [0, 0.05) is 141 Å². The van der Waals surface area contributed by atoms with Crippen molar-refractivity contribution in [3.8, 4) is 5.75 Å². The molecule has 0 aromatic heterocycles. The van der Waals surface area contributed by atoms with Crippen LogP contribution in [0, 0.1) is 71.0 Å². The van der Waals surface area contributed by atoms with Crippen LogP contribution >= 0.6 is 0 Å². The Balaban J connectivity index is 0.615. The van der Waals surface area contributed by atoms with E-state index in [1.165, 1.54) is 19.1 Å². The molecule has 34 heteroatoms. The van der Waals surface area contributed by atoms with E-state index in [9.17, 15) is 72.2 Å². The second kappa shape index (κ2) is 45.8. The molecule has 127 heavy (non-hydrogen) atoms. The smallest absolute Gasteiger partial charge is 0.226 e. The Labute approximate surface area is 742 Å². The highest BCUT2D eigenvalue weighted by molar-refractivity contribution is 5.91. The van der Waals surface area contributed by atoms with Crippen molar-refractivity contribution in [2.24, 2.45) is 76.7 Å². The second-order valence-electron chi connectivity index (χ2n) is 37.4. The summed E-state index contributed by atoms with van der Waals surface area (Å²) in [5.41, 5.74) is 8.13. The lowest BCUT2D eigenvalue weighted by atomic mass is 9.93. The number of nitrogens with two attached hydrogens (primary N) is 1. The van der Waals surface area contributed by atoms with Crippen LogP contribution < -0.4 is 101 Å². The lowest BCUT2D eigenvalue weighted by Crippen LogP contribution is -2.54. The van der Waals surface area contributed by atoms with Gasteiger partial charge in [0.15, 0.2) is 0 Å². The predicted molar refractivity (Wildman–Crippen MR) is 475 cm³/mol. The summed E-state index contributed by atoms with van der Waals surface area (Å²) < 4.78 is 0.